The van der Waals surface area contributed by atoms with Gasteiger partial charge in [-0.25, -0.2) is 8.42 Å². The number of sulfonamides is 1. The van der Waals surface area contributed by atoms with Crippen molar-refractivity contribution in [2.75, 3.05) is 10.5 Å². The van der Waals surface area contributed by atoms with Gasteiger partial charge in [0.15, 0.2) is 11.6 Å². The molecule has 1 aromatic carbocycles. The quantitative estimate of drug-likeness (QED) is 0.795. The topological polar surface area (TPSA) is 72.2 Å². The zero-order valence-corrected chi connectivity index (χ0v) is 12.2. The van der Waals surface area contributed by atoms with Crippen molar-refractivity contribution < 1.29 is 12.9 Å². The Kier molecular flexibility index (Phi) is 4.79. The maximum Gasteiger partial charge on any atom is 0.233 e. The Labute approximate surface area is 119 Å². The summed E-state index contributed by atoms with van der Waals surface area (Å²) in [6, 6.07) is 11.0. The molecule has 0 spiro atoms. The van der Waals surface area contributed by atoms with Crippen LogP contribution in [0.15, 0.2) is 40.9 Å². The molecule has 20 heavy (non-hydrogen) atoms. The van der Waals surface area contributed by atoms with Gasteiger partial charge in [0.1, 0.15) is 0 Å². The Morgan fingerprint density at radius 3 is 2.65 bits per heavy atom. The van der Waals surface area contributed by atoms with Crippen molar-refractivity contribution in [2.45, 2.75) is 26.2 Å². The molecular formula is C14H18N2O3S. The minimum Gasteiger partial charge on any atom is -0.354 e. The number of hydrogen-bond acceptors (Lipinski definition) is 4. The smallest absolute Gasteiger partial charge is 0.233 e. The predicted molar refractivity (Wildman–Crippen MR) is 78.9 cm³/mol. The van der Waals surface area contributed by atoms with Gasteiger partial charge in [0.05, 0.1) is 5.75 Å². The first-order valence-corrected chi connectivity index (χ1v) is 8.28. The third-order valence-electron chi connectivity index (χ3n) is 2.85. The van der Waals surface area contributed by atoms with Crippen LogP contribution in [0.1, 0.15) is 26.2 Å². The van der Waals surface area contributed by atoms with Crippen LogP contribution in [0.3, 0.4) is 0 Å². The molecule has 0 saturated carbocycles. The van der Waals surface area contributed by atoms with Crippen LogP contribution in [-0.2, 0) is 10.0 Å². The molecule has 1 aromatic heterocycles. The summed E-state index contributed by atoms with van der Waals surface area (Å²) in [4.78, 5) is 0. The van der Waals surface area contributed by atoms with Crippen molar-refractivity contribution in [1.82, 2.24) is 5.16 Å². The molecule has 0 saturated heterocycles. The average molecular weight is 294 g/mol. The highest BCUT2D eigenvalue weighted by atomic mass is 32.2. The number of rotatable bonds is 7. The Morgan fingerprint density at radius 1 is 1.20 bits per heavy atom. The molecule has 6 heteroatoms. The molecule has 108 valence electrons. The molecule has 0 aliphatic carbocycles. The monoisotopic (exact) mass is 294 g/mol. The van der Waals surface area contributed by atoms with Gasteiger partial charge < -0.3 is 4.52 Å². The van der Waals surface area contributed by atoms with Crippen molar-refractivity contribution in [1.29, 1.82) is 0 Å². The number of benzene rings is 1. The fraction of sp³-hybridized carbons (Fsp3) is 0.357. The van der Waals surface area contributed by atoms with E-state index in [1.54, 1.807) is 6.07 Å². The van der Waals surface area contributed by atoms with Crippen molar-refractivity contribution in [3.05, 3.63) is 36.4 Å². The van der Waals surface area contributed by atoms with Gasteiger partial charge in [-0.3, -0.25) is 4.72 Å². The fourth-order valence-electron chi connectivity index (χ4n) is 1.81. The van der Waals surface area contributed by atoms with E-state index in [4.69, 9.17) is 4.52 Å². The van der Waals surface area contributed by atoms with Crippen molar-refractivity contribution in [3.8, 4) is 11.3 Å². The van der Waals surface area contributed by atoms with E-state index in [9.17, 15) is 8.42 Å². The van der Waals surface area contributed by atoms with Gasteiger partial charge in [-0.2, -0.15) is 0 Å². The Balaban J connectivity index is 2.03. The van der Waals surface area contributed by atoms with Gasteiger partial charge in [0, 0.05) is 11.6 Å². The van der Waals surface area contributed by atoms with Gasteiger partial charge in [-0.1, -0.05) is 55.3 Å². The molecule has 5 nitrogen and oxygen atoms in total. The Bertz CT molecular complexity index is 635. The first kappa shape index (κ1) is 14.6. The number of unbranched alkanes of at least 4 members (excludes halogenated alkanes) is 2. The lowest BCUT2D eigenvalue weighted by Crippen LogP contribution is -2.16. The number of hydrogen-bond donors (Lipinski definition) is 1. The predicted octanol–water partition coefficient (Wildman–Crippen LogP) is 3.27. The Hall–Kier alpha value is -1.82. The van der Waals surface area contributed by atoms with E-state index >= 15 is 0 Å². The molecule has 0 bridgehead atoms. The van der Waals surface area contributed by atoms with E-state index in [0.29, 0.717) is 12.2 Å². The number of anilines is 1. The summed E-state index contributed by atoms with van der Waals surface area (Å²) in [5, 5.41) is 3.74. The van der Waals surface area contributed by atoms with E-state index in [1.165, 1.54) is 0 Å². The fourth-order valence-corrected chi connectivity index (χ4v) is 2.92. The molecule has 2 rings (SSSR count). The van der Waals surface area contributed by atoms with E-state index in [0.717, 1.165) is 18.4 Å². The SMILES string of the molecule is CCCCCS(=O)(=O)Nc1cc(-c2ccccc2)on1. The molecule has 1 heterocycles. The first-order valence-electron chi connectivity index (χ1n) is 6.63. The molecule has 0 unspecified atom stereocenters. The van der Waals surface area contributed by atoms with Crippen LogP contribution < -0.4 is 4.72 Å². The molecule has 2 aromatic rings. The maximum atomic E-state index is 11.8. The molecule has 0 aliphatic heterocycles. The molecule has 1 N–H and O–H groups in total. The second-order valence-corrected chi connectivity index (χ2v) is 6.41. The largest absolute Gasteiger partial charge is 0.354 e. The van der Waals surface area contributed by atoms with E-state index in [-0.39, 0.29) is 11.6 Å². The summed E-state index contributed by atoms with van der Waals surface area (Å²) in [5.74, 6) is 0.867. The lowest BCUT2D eigenvalue weighted by molar-refractivity contribution is 0.435. The third-order valence-corrected chi connectivity index (χ3v) is 4.19. The van der Waals surface area contributed by atoms with Crippen LogP contribution in [-0.4, -0.2) is 19.3 Å². The molecule has 0 atom stereocenters. The maximum absolute atomic E-state index is 11.8. The molecule has 0 radical (unpaired) electrons. The summed E-state index contributed by atoms with van der Waals surface area (Å²) < 4.78 is 31.2. The molecule has 0 aliphatic rings. The first-order chi connectivity index (χ1) is 9.61. The normalized spacial score (nSPS) is 11.4. The average Bonchev–Trinajstić information content (AvgIpc) is 2.87. The van der Waals surface area contributed by atoms with Gasteiger partial charge in [-0.05, 0) is 6.42 Å². The summed E-state index contributed by atoms with van der Waals surface area (Å²) in [5.41, 5.74) is 0.858. The second kappa shape index (κ2) is 6.56. The summed E-state index contributed by atoms with van der Waals surface area (Å²) in [7, 11) is -3.35. The van der Waals surface area contributed by atoms with E-state index in [1.807, 2.05) is 37.3 Å². The van der Waals surface area contributed by atoms with Gasteiger partial charge in [0.25, 0.3) is 0 Å². The van der Waals surface area contributed by atoms with Gasteiger partial charge >= 0.3 is 0 Å². The molecule has 0 fully saturated rings. The number of nitrogens with one attached hydrogen (secondary N) is 1. The van der Waals surface area contributed by atoms with E-state index < -0.39 is 10.0 Å². The van der Waals surface area contributed by atoms with E-state index in [2.05, 4.69) is 9.88 Å². The summed E-state index contributed by atoms with van der Waals surface area (Å²) in [6.07, 6.45) is 2.53. The number of aromatic nitrogens is 1. The van der Waals surface area contributed by atoms with Crippen LogP contribution in [0, 0.1) is 0 Å². The molecule has 0 amide bonds. The van der Waals surface area contributed by atoms with Crippen molar-refractivity contribution in [3.63, 3.8) is 0 Å². The van der Waals surface area contributed by atoms with Crippen LogP contribution >= 0.6 is 0 Å². The van der Waals surface area contributed by atoms with Crippen LogP contribution in [0.5, 0.6) is 0 Å². The third kappa shape index (κ3) is 4.09. The lowest BCUT2D eigenvalue weighted by Gasteiger charge is -2.03. The molecular weight excluding hydrogens is 276 g/mol. The minimum absolute atomic E-state index is 0.106. The zero-order valence-electron chi connectivity index (χ0n) is 11.4. The lowest BCUT2D eigenvalue weighted by atomic mass is 10.2. The van der Waals surface area contributed by atoms with Crippen molar-refractivity contribution in [2.24, 2.45) is 0 Å². The number of nitrogens with zero attached hydrogens (tertiary/aromatic N) is 1. The second-order valence-electron chi connectivity index (χ2n) is 4.57. The van der Waals surface area contributed by atoms with Crippen LogP contribution in [0.4, 0.5) is 5.82 Å². The van der Waals surface area contributed by atoms with Crippen LogP contribution in [0.25, 0.3) is 11.3 Å². The standard InChI is InChI=1S/C14H18N2O3S/c1-2-3-7-10-20(17,18)16-14-11-13(19-15-14)12-8-5-4-6-9-12/h4-6,8-9,11H,2-3,7,10H2,1H3,(H,15,16). The highest BCUT2D eigenvalue weighted by Crippen LogP contribution is 2.22. The van der Waals surface area contributed by atoms with Gasteiger partial charge in [-0.15, -0.1) is 0 Å². The zero-order chi connectivity index (χ0) is 14.4. The Morgan fingerprint density at radius 2 is 1.95 bits per heavy atom. The van der Waals surface area contributed by atoms with Crippen LogP contribution in [0.2, 0.25) is 0 Å². The highest BCUT2D eigenvalue weighted by Gasteiger charge is 2.13. The summed E-state index contributed by atoms with van der Waals surface area (Å²) >= 11 is 0. The van der Waals surface area contributed by atoms with Gasteiger partial charge in [0.2, 0.25) is 10.0 Å². The minimum atomic E-state index is -3.35. The highest BCUT2D eigenvalue weighted by molar-refractivity contribution is 7.92. The summed E-state index contributed by atoms with van der Waals surface area (Å²) in [6.45, 7) is 2.03. The van der Waals surface area contributed by atoms with Crippen molar-refractivity contribution >= 4 is 15.8 Å².